The molecule has 2 heteroatoms. The number of hydrazine groups is 1. The smallest absolute Gasteiger partial charge is 0.0591 e. The van der Waals surface area contributed by atoms with Crippen molar-refractivity contribution in [1.82, 2.24) is 5.43 Å². The van der Waals surface area contributed by atoms with Crippen LogP contribution >= 0.6 is 0 Å². The summed E-state index contributed by atoms with van der Waals surface area (Å²) in [5.41, 5.74) is 8.76. The maximum absolute atomic E-state index is 3.29. The van der Waals surface area contributed by atoms with E-state index in [1.165, 1.54) is 22.4 Å². The second kappa shape index (κ2) is 2.49. The van der Waals surface area contributed by atoms with Gasteiger partial charge in [0.25, 0.3) is 0 Å². The van der Waals surface area contributed by atoms with Gasteiger partial charge in [0.15, 0.2) is 0 Å². The average molecular weight is 162 g/mol. The lowest BCUT2D eigenvalue weighted by Crippen LogP contribution is -2.27. The second-order valence-electron chi connectivity index (χ2n) is 3.48. The SMILES string of the molecule is Cc1cc(C)c2c(c1)CNN2C. The molecule has 12 heavy (non-hydrogen) atoms. The van der Waals surface area contributed by atoms with E-state index >= 15 is 0 Å². The summed E-state index contributed by atoms with van der Waals surface area (Å²) in [6.45, 7) is 5.27. The largest absolute Gasteiger partial charge is 0.311 e. The third-order valence-electron chi connectivity index (χ3n) is 2.37. The summed E-state index contributed by atoms with van der Waals surface area (Å²) in [4.78, 5) is 0. The molecule has 2 rings (SSSR count). The minimum Gasteiger partial charge on any atom is -0.311 e. The highest BCUT2D eigenvalue weighted by molar-refractivity contribution is 5.62. The van der Waals surface area contributed by atoms with Crippen LogP contribution in [0, 0.1) is 13.8 Å². The summed E-state index contributed by atoms with van der Waals surface area (Å²) in [6.07, 6.45) is 0. The molecule has 64 valence electrons. The summed E-state index contributed by atoms with van der Waals surface area (Å²) >= 11 is 0. The second-order valence-corrected chi connectivity index (χ2v) is 3.48. The summed E-state index contributed by atoms with van der Waals surface area (Å²) in [7, 11) is 2.06. The molecule has 0 radical (unpaired) electrons. The predicted octanol–water partition coefficient (Wildman–Crippen LogP) is 1.76. The molecular formula is C10H14N2. The number of hydrogen-bond donors (Lipinski definition) is 1. The molecule has 0 saturated heterocycles. The normalized spacial score (nSPS) is 15.1. The number of nitrogens with one attached hydrogen (secondary N) is 1. The van der Waals surface area contributed by atoms with Gasteiger partial charge in [0.1, 0.15) is 0 Å². The fourth-order valence-corrected chi connectivity index (χ4v) is 1.95. The molecule has 0 spiro atoms. The first-order valence-corrected chi connectivity index (χ1v) is 4.26. The van der Waals surface area contributed by atoms with Gasteiger partial charge in [-0.3, -0.25) is 0 Å². The average Bonchev–Trinajstić information content (AvgIpc) is 2.31. The molecule has 1 aromatic rings. The molecule has 0 atom stereocenters. The summed E-state index contributed by atoms with van der Waals surface area (Å²) in [5, 5.41) is 2.10. The molecule has 0 bridgehead atoms. The Morgan fingerprint density at radius 3 is 2.83 bits per heavy atom. The molecule has 0 fully saturated rings. The molecule has 1 N–H and O–H groups in total. The van der Waals surface area contributed by atoms with Crippen LogP contribution in [0.5, 0.6) is 0 Å². The van der Waals surface area contributed by atoms with E-state index < -0.39 is 0 Å². The molecule has 2 nitrogen and oxygen atoms in total. The fourth-order valence-electron chi connectivity index (χ4n) is 1.95. The Bertz CT molecular complexity index is 318. The first-order chi connectivity index (χ1) is 5.68. The predicted molar refractivity (Wildman–Crippen MR) is 51.2 cm³/mol. The van der Waals surface area contributed by atoms with Crippen molar-refractivity contribution >= 4 is 5.69 Å². The van der Waals surface area contributed by atoms with E-state index in [0.717, 1.165) is 6.54 Å². The highest BCUT2D eigenvalue weighted by Crippen LogP contribution is 2.28. The molecule has 1 aliphatic heterocycles. The van der Waals surface area contributed by atoms with Gasteiger partial charge in [0, 0.05) is 13.6 Å². The van der Waals surface area contributed by atoms with Gasteiger partial charge in [-0.05, 0) is 25.0 Å². The van der Waals surface area contributed by atoms with Gasteiger partial charge in [-0.1, -0.05) is 17.7 Å². The van der Waals surface area contributed by atoms with Crippen LogP contribution in [0.25, 0.3) is 0 Å². The molecule has 1 aromatic carbocycles. The molecule has 1 aliphatic rings. The van der Waals surface area contributed by atoms with Gasteiger partial charge in [-0.25, -0.2) is 5.43 Å². The van der Waals surface area contributed by atoms with Crippen molar-refractivity contribution in [2.45, 2.75) is 20.4 Å². The van der Waals surface area contributed by atoms with Gasteiger partial charge in [-0.2, -0.15) is 0 Å². The quantitative estimate of drug-likeness (QED) is 0.625. The number of benzene rings is 1. The van der Waals surface area contributed by atoms with Crippen LogP contribution in [0.2, 0.25) is 0 Å². The van der Waals surface area contributed by atoms with Crippen LogP contribution < -0.4 is 10.4 Å². The minimum atomic E-state index is 0.967. The van der Waals surface area contributed by atoms with E-state index in [0.29, 0.717) is 0 Å². The van der Waals surface area contributed by atoms with Gasteiger partial charge < -0.3 is 5.01 Å². The van der Waals surface area contributed by atoms with Gasteiger partial charge >= 0.3 is 0 Å². The first-order valence-electron chi connectivity index (χ1n) is 4.26. The van der Waals surface area contributed by atoms with Crippen LogP contribution in [0.3, 0.4) is 0 Å². The highest BCUT2D eigenvalue weighted by atomic mass is 15.5. The Morgan fingerprint density at radius 1 is 1.33 bits per heavy atom. The van der Waals surface area contributed by atoms with E-state index in [9.17, 15) is 0 Å². The number of fused-ring (bicyclic) bond motifs is 1. The van der Waals surface area contributed by atoms with Crippen LogP contribution in [-0.2, 0) is 6.54 Å². The Morgan fingerprint density at radius 2 is 2.08 bits per heavy atom. The Labute approximate surface area is 73.2 Å². The van der Waals surface area contributed by atoms with Crippen molar-refractivity contribution in [2.24, 2.45) is 0 Å². The first kappa shape index (κ1) is 7.62. The summed E-state index contributed by atoms with van der Waals surface area (Å²) < 4.78 is 0. The Kier molecular flexibility index (Phi) is 1.58. The Balaban J connectivity index is 2.60. The monoisotopic (exact) mass is 162 g/mol. The number of hydrogen-bond acceptors (Lipinski definition) is 2. The zero-order chi connectivity index (χ0) is 8.72. The third kappa shape index (κ3) is 0.994. The molecule has 0 saturated carbocycles. The topological polar surface area (TPSA) is 15.3 Å². The lowest BCUT2D eigenvalue weighted by atomic mass is 10.1. The van der Waals surface area contributed by atoms with Gasteiger partial charge in [-0.15, -0.1) is 0 Å². The molecule has 1 heterocycles. The van der Waals surface area contributed by atoms with Crippen molar-refractivity contribution < 1.29 is 0 Å². The maximum Gasteiger partial charge on any atom is 0.0591 e. The molecule has 0 amide bonds. The van der Waals surface area contributed by atoms with Crippen molar-refractivity contribution in [3.63, 3.8) is 0 Å². The number of aryl methyl sites for hydroxylation is 2. The van der Waals surface area contributed by atoms with Crippen molar-refractivity contribution in [2.75, 3.05) is 12.1 Å². The number of anilines is 1. The van der Waals surface area contributed by atoms with E-state index in [-0.39, 0.29) is 0 Å². The lowest BCUT2D eigenvalue weighted by molar-refractivity contribution is 0.733. The summed E-state index contributed by atoms with van der Waals surface area (Å²) in [6, 6.07) is 4.47. The van der Waals surface area contributed by atoms with E-state index in [4.69, 9.17) is 0 Å². The standard InChI is InChI=1S/C10H14N2/c1-7-4-8(2)10-9(5-7)6-11-12(10)3/h4-5,11H,6H2,1-3H3. The number of nitrogens with zero attached hydrogens (tertiary/aromatic N) is 1. The van der Waals surface area contributed by atoms with Crippen LogP contribution in [-0.4, -0.2) is 7.05 Å². The van der Waals surface area contributed by atoms with Crippen LogP contribution in [0.15, 0.2) is 12.1 Å². The molecule has 0 aliphatic carbocycles. The van der Waals surface area contributed by atoms with Gasteiger partial charge in [0.2, 0.25) is 0 Å². The van der Waals surface area contributed by atoms with Crippen LogP contribution in [0.1, 0.15) is 16.7 Å². The van der Waals surface area contributed by atoms with Crippen molar-refractivity contribution in [3.8, 4) is 0 Å². The van der Waals surface area contributed by atoms with E-state index in [2.05, 4.69) is 43.5 Å². The highest BCUT2D eigenvalue weighted by Gasteiger charge is 2.16. The maximum atomic E-state index is 3.29. The molecular weight excluding hydrogens is 148 g/mol. The van der Waals surface area contributed by atoms with Gasteiger partial charge in [0.05, 0.1) is 5.69 Å². The zero-order valence-corrected chi connectivity index (χ0v) is 7.81. The zero-order valence-electron chi connectivity index (χ0n) is 7.81. The van der Waals surface area contributed by atoms with E-state index in [1.807, 2.05) is 0 Å². The number of rotatable bonds is 0. The molecule has 0 unspecified atom stereocenters. The lowest BCUT2D eigenvalue weighted by Gasteiger charge is -2.14. The van der Waals surface area contributed by atoms with Crippen molar-refractivity contribution in [3.05, 3.63) is 28.8 Å². The van der Waals surface area contributed by atoms with E-state index in [1.54, 1.807) is 0 Å². The van der Waals surface area contributed by atoms with Crippen LogP contribution in [0.4, 0.5) is 5.69 Å². The minimum absolute atomic E-state index is 0.967. The Hall–Kier alpha value is -1.02. The van der Waals surface area contributed by atoms with Crippen molar-refractivity contribution in [1.29, 1.82) is 0 Å². The fraction of sp³-hybridized carbons (Fsp3) is 0.400. The summed E-state index contributed by atoms with van der Waals surface area (Å²) in [5.74, 6) is 0. The molecule has 0 aromatic heterocycles. The third-order valence-corrected chi connectivity index (χ3v) is 2.37.